The first-order valence-corrected chi connectivity index (χ1v) is 9.07. The van der Waals surface area contributed by atoms with Gasteiger partial charge in [0.2, 0.25) is 0 Å². The number of alkyl halides is 2. The molecule has 0 aliphatic heterocycles. The van der Waals surface area contributed by atoms with Crippen molar-refractivity contribution < 1.29 is 19.8 Å². The molecule has 0 spiro atoms. The molecule has 0 rings (SSSR count). The minimum Gasteiger partial charge on any atom is -0.480 e. The molecule has 0 saturated heterocycles. The van der Waals surface area contributed by atoms with E-state index in [2.05, 4.69) is 63.7 Å². The number of carbonyl (C=O) groups is 2. The third-order valence-corrected chi connectivity index (χ3v) is 7.46. The maximum Gasteiger partial charge on any atom is 0.320 e. The van der Waals surface area contributed by atoms with Crippen LogP contribution in [0.25, 0.3) is 0 Å². The summed E-state index contributed by atoms with van der Waals surface area (Å²) in [6, 6.07) is 0. The number of allylic oxidation sites excluding steroid dienone is 2. The van der Waals surface area contributed by atoms with Crippen molar-refractivity contribution in [2.45, 2.75) is 48.2 Å². The molecule has 4 nitrogen and oxygen atoms in total. The molecule has 0 bridgehead atoms. The molecule has 0 aromatic heterocycles. The average Bonchev–Trinajstić information content (AvgIpc) is 2.37. The van der Waals surface area contributed by atoms with E-state index in [0.717, 1.165) is 0 Å². The molecule has 0 aliphatic carbocycles. The van der Waals surface area contributed by atoms with E-state index in [1.807, 2.05) is 0 Å². The van der Waals surface area contributed by atoms with Gasteiger partial charge in [-0.05, 0) is 12.8 Å². The Hall–Kier alpha value is 0.600. The fourth-order valence-electron chi connectivity index (χ4n) is 1.39. The number of carboxylic acids is 2. The van der Waals surface area contributed by atoms with Gasteiger partial charge in [0.1, 0.15) is 8.65 Å². The number of rotatable bonds is 8. The molecule has 0 aromatic rings. The summed E-state index contributed by atoms with van der Waals surface area (Å²) >= 11 is 13.2. The highest BCUT2D eigenvalue weighted by Crippen LogP contribution is 2.40. The quantitative estimate of drug-likeness (QED) is 0.422. The van der Waals surface area contributed by atoms with Crippen molar-refractivity contribution in [3.63, 3.8) is 0 Å². The monoisotopic (exact) mass is 540 g/mol. The van der Waals surface area contributed by atoms with Crippen LogP contribution in [-0.4, -0.2) is 30.8 Å². The van der Waals surface area contributed by atoms with Crippen LogP contribution < -0.4 is 0 Å². The zero-order valence-electron chi connectivity index (χ0n) is 11.1. The second kappa shape index (κ2) is 8.29. The molecule has 0 aromatic carbocycles. The van der Waals surface area contributed by atoms with Gasteiger partial charge in [0.25, 0.3) is 0 Å². The van der Waals surface area contributed by atoms with Crippen LogP contribution in [0.15, 0.2) is 8.96 Å². The van der Waals surface area contributed by atoms with E-state index in [4.69, 9.17) is 0 Å². The van der Waals surface area contributed by atoms with E-state index < -0.39 is 20.6 Å². The Balaban J connectivity index is 5.19. The van der Waals surface area contributed by atoms with E-state index in [-0.39, 0.29) is 12.8 Å². The Morgan fingerprint density at radius 2 is 1.10 bits per heavy atom. The van der Waals surface area contributed by atoms with Gasteiger partial charge in [-0.2, -0.15) is 0 Å². The van der Waals surface area contributed by atoms with Gasteiger partial charge in [-0.3, -0.25) is 9.59 Å². The van der Waals surface area contributed by atoms with Crippen molar-refractivity contribution in [2.24, 2.45) is 0 Å². The highest BCUT2D eigenvalue weighted by molar-refractivity contribution is 9.14. The predicted octanol–water partition coefficient (Wildman–Crippen LogP) is 5.02. The maximum absolute atomic E-state index is 11.3. The number of aliphatic carboxylic acids is 2. The van der Waals surface area contributed by atoms with Crippen molar-refractivity contribution in [2.75, 3.05) is 0 Å². The molecule has 0 aliphatic rings. The normalized spacial score (nSPS) is 18.7. The summed E-state index contributed by atoms with van der Waals surface area (Å²) in [6.07, 6.45) is 1.27. The van der Waals surface area contributed by atoms with E-state index in [9.17, 15) is 19.8 Å². The summed E-state index contributed by atoms with van der Waals surface area (Å²) in [4.78, 5) is 22.5. The summed E-state index contributed by atoms with van der Waals surface area (Å²) in [7, 11) is 0. The van der Waals surface area contributed by atoms with E-state index in [0.29, 0.717) is 21.8 Å². The van der Waals surface area contributed by atoms with Gasteiger partial charge in [-0.25, -0.2) is 0 Å². The molecule has 20 heavy (non-hydrogen) atoms. The molecule has 0 amide bonds. The van der Waals surface area contributed by atoms with Crippen molar-refractivity contribution in [1.82, 2.24) is 0 Å². The molecule has 2 unspecified atom stereocenters. The standard InChI is InChI=1S/C12H16Br4O4/c1-3-11(15,9(17)18)5-7(13)8(14)6-12(16,4-2)10(19)20/h3-6H2,1-2H3,(H,17,18)(H,19,20). The molecule has 0 heterocycles. The van der Waals surface area contributed by atoms with Gasteiger partial charge in [-0.1, -0.05) is 77.6 Å². The van der Waals surface area contributed by atoms with E-state index >= 15 is 0 Å². The number of carboxylic acid groups (broad SMARTS) is 2. The summed E-state index contributed by atoms with van der Waals surface area (Å²) in [5, 5.41) is 18.4. The summed E-state index contributed by atoms with van der Waals surface area (Å²) in [5.41, 5.74) is 0. The molecule has 2 N–H and O–H groups in total. The largest absolute Gasteiger partial charge is 0.480 e. The van der Waals surface area contributed by atoms with E-state index in [1.165, 1.54) is 0 Å². The number of hydrogen-bond acceptors (Lipinski definition) is 2. The van der Waals surface area contributed by atoms with Crippen LogP contribution in [0, 0.1) is 0 Å². The maximum atomic E-state index is 11.3. The Bertz CT molecular complexity index is 386. The summed E-state index contributed by atoms with van der Waals surface area (Å²) in [6.45, 7) is 3.55. The first-order valence-electron chi connectivity index (χ1n) is 5.90. The third kappa shape index (κ3) is 5.42. The van der Waals surface area contributed by atoms with Crippen LogP contribution in [0.2, 0.25) is 0 Å². The second-order valence-corrected chi connectivity index (χ2v) is 9.36. The Morgan fingerprint density at radius 1 is 0.850 bits per heavy atom. The van der Waals surface area contributed by atoms with Gasteiger partial charge in [0.05, 0.1) is 0 Å². The van der Waals surface area contributed by atoms with Crippen LogP contribution in [0.3, 0.4) is 0 Å². The number of halogens is 4. The van der Waals surface area contributed by atoms with Gasteiger partial charge in [0.15, 0.2) is 0 Å². The zero-order chi connectivity index (χ0) is 16.1. The third-order valence-electron chi connectivity index (χ3n) is 3.05. The topological polar surface area (TPSA) is 74.6 Å². The Labute approximate surface area is 151 Å². The Kier molecular flexibility index (Phi) is 8.54. The molecule has 8 heteroatoms. The molecule has 0 radical (unpaired) electrons. The summed E-state index contributed by atoms with van der Waals surface area (Å²) in [5.74, 6) is -1.90. The molecule has 2 atom stereocenters. The first kappa shape index (κ1) is 20.6. The lowest BCUT2D eigenvalue weighted by Gasteiger charge is -2.24. The van der Waals surface area contributed by atoms with Crippen LogP contribution in [0.1, 0.15) is 39.5 Å². The second-order valence-electron chi connectivity index (χ2n) is 4.41. The van der Waals surface area contributed by atoms with Crippen molar-refractivity contribution >= 4 is 75.7 Å². The lowest BCUT2D eigenvalue weighted by Crippen LogP contribution is -2.32. The van der Waals surface area contributed by atoms with Crippen LogP contribution in [0.5, 0.6) is 0 Å². The minimum absolute atomic E-state index is 0.228. The lowest BCUT2D eigenvalue weighted by atomic mass is 9.99. The van der Waals surface area contributed by atoms with Crippen LogP contribution >= 0.6 is 63.7 Å². The highest BCUT2D eigenvalue weighted by Gasteiger charge is 2.37. The van der Waals surface area contributed by atoms with Crippen LogP contribution in [0.4, 0.5) is 0 Å². The SMILES string of the molecule is CCC(Br)(CC(Br)=C(Br)CC(Br)(CC)C(=O)O)C(=O)O. The zero-order valence-corrected chi connectivity index (χ0v) is 17.4. The molecular formula is C12H16Br4O4. The fraction of sp³-hybridized carbons (Fsp3) is 0.667. The van der Waals surface area contributed by atoms with E-state index in [1.54, 1.807) is 13.8 Å². The van der Waals surface area contributed by atoms with Gasteiger partial charge < -0.3 is 10.2 Å². The predicted molar refractivity (Wildman–Crippen MR) is 93.3 cm³/mol. The van der Waals surface area contributed by atoms with Gasteiger partial charge in [-0.15, -0.1) is 0 Å². The Morgan fingerprint density at radius 3 is 1.25 bits per heavy atom. The van der Waals surface area contributed by atoms with Gasteiger partial charge >= 0.3 is 11.9 Å². The molecule has 116 valence electrons. The average molecular weight is 544 g/mol. The smallest absolute Gasteiger partial charge is 0.320 e. The molecule has 0 saturated carbocycles. The van der Waals surface area contributed by atoms with Crippen LogP contribution in [-0.2, 0) is 9.59 Å². The molecular weight excluding hydrogens is 528 g/mol. The first-order chi connectivity index (χ1) is 9.02. The summed E-state index contributed by atoms with van der Waals surface area (Å²) < 4.78 is -0.848. The van der Waals surface area contributed by atoms with Crippen molar-refractivity contribution in [1.29, 1.82) is 0 Å². The fourth-order valence-corrected chi connectivity index (χ4v) is 3.94. The highest BCUT2D eigenvalue weighted by atomic mass is 79.9. The molecule has 0 fully saturated rings. The number of hydrogen-bond donors (Lipinski definition) is 2. The van der Waals surface area contributed by atoms with Crippen molar-refractivity contribution in [3.8, 4) is 0 Å². The van der Waals surface area contributed by atoms with Crippen molar-refractivity contribution in [3.05, 3.63) is 8.96 Å². The minimum atomic E-state index is -1.06. The lowest BCUT2D eigenvalue weighted by molar-refractivity contribution is -0.140. The van der Waals surface area contributed by atoms with Gasteiger partial charge in [0, 0.05) is 21.8 Å².